The molecule has 0 aliphatic carbocycles. The molecule has 1 aromatic heterocycles. The lowest BCUT2D eigenvalue weighted by molar-refractivity contribution is 0.245. The molecular formula is C11H16BrNO4S2. The van der Waals surface area contributed by atoms with Crippen molar-refractivity contribution in [1.82, 2.24) is 4.31 Å². The first-order valence-electron chi connectivity index (χ1n) is 5.99. The van der Waals surface area contributed by atoms with E-state index < -0.39 is 10.0 Å². The van der Waals surface area contributed by atoms with Crippen LogP contribution in [0.4, 0.5) is 0 Å². The van der Waals surface area contributed by atoms with Crippen LogP contribution >= 0.6 is 27.7 Å². The average Bonchev–Trinajstić information content (AvgIpc) is 2.81. The Bertz CT molecular complexity index is 543. The van der Waals surface area contributed by atoms with Crippen molar-refractivity contribution in [3.8, 4) is 0 Å². The first-order valence-corrected chi connectivity index (χ1v) is 9.28. The van der Waals surface area contributed by atoms with Crippen molar-refractivity contribution in [3.63, 3.8) is 0 Å². The van der Waals surface area contributed by atoms with Crippen LogP contribution in [0.2, 0.25) is 0 Å². The maximum atomic E-state index is 12.5. The number of furan rings is 1. The third kappa shape index (κ3) is 3.18. The largest absolute Gasteiger partial charge is 0.450 e. The lowest BCUT2D eigenvalue weighted by atomic mass is 10.3. The van der Waals surface area contributed by atoms with E-state index >= 15 is 0 Å². The summed E-state index contributed by atoms with van der Waals surface area (Å²) in [5, 5.41) is 9.34. The van der Waals surface area contributed by atoms with Gasteiger partial charge in [0.1, 0.15) is 17.3 Å². The number of sulfonamides is 1. The summed E-state index contributed by atoms with van der Waals surface area (Å²) in [5.41, 5.74) is 0. The molecule has 8 heteroatoms. The number of aliphatic hydroxyl groups is 1. The van der Waals surface area contributed by atoms with E-state index in [2.05, 4.69) is 22.9 Å². The molecule has 1 saturated heterocycles. The van der Waals surface area contributed by atoms with Crippen LogP contribution in [0.1, 0.15) is 19.1 Å². The van der Waals surface area contributed by atoms with E-state index in [1.165, 1.54) is 10.4 Å². The zero-order valence-electron chi connectivity index (χ0n) is 10.5. The first kappa shape index (κ1) is 15.4. The van der Waals surface area contributed by atoms with Gasteiger partial charge in [0.15, 0.2) is 4.67 Å². The van der Waals surface area contributed by atoms with Gasteiger partial charge in [0.2, 0.25) is 10.0 Å². The number of rotatable bonds is 4. The van der Waals surface area contributed by atoms with Gasteiger partial charge in [-0.3, -0.25) is 0 Å². The first-order chi connectivity index (χ1) is 8.98. The fourth-order valence-corrected chi connectivity index (χ4v) is 5.79. The maximum Gasteiger partial charge on any atom is 0.247 e. The normalized spacial score (nSPS) is 21.7. The molecule has 1 aliphatic rings. The van der Waals surface area contributed by atoms with Crippen LogP contribution in [0.3, 0.4) is 0 Å². The predicted octanol–water partition coefficient (Wildman–Crippen LogP) is 2.05. The van der Waals surface area contributed by atoms with Crippen LogP contribution < -0.4 is 0 Å². The van der Waals surface area contributed by atoms with E-state index in [0.29, 0.717) is 18.3 Å². The maximum absolute atomic E-state index is 12.5. The van der Waals surface area contributed by atoms with Crippen LogP contribution in [0.15, 0.2) is 20.0 Å². The molecule has 1 unspecified atom stereocenters. The standard InChI is InChI=1S/C11H16BrNO4S2/c1-2-9-6-13(3-4-18-9)19(15,16)10-5-8(7-14)17-11(10)12/h5,9,14H,2-4,6-7H2,1H3. The summed E-state index contributed by atoms with van der Waals surface area (Å²) in [5.74, 6) is 1.05. The quantitative estimate of drug-likeness (QED) is 0.879. The van der Waals surface area contributed by atoms with E-state index in [0.717, 1.165) is 12.2 Å². The van der Waals surface area contributed by atoms with Crippen LogP contribution in [-0.2, 0) is 16.6 Å². The Hall–Kier alpha value is -0.0200. The molecule has 0 bridgehead atoms. The van der Waals surface area contributed by atoms with E-state index in [9.17, 15) is 8.42 Å². The molecule has 2 heterocycles. The van der Waals surface area contributed by atoms with Gasteiger partial charge in [-0.25, -0.2) is 8.42 Å². The summed E-state index contributed by atoms with van der Waals surface area (Å²) in [6.07, 6.45) is 0.950. The Kier molecular flexibility index (Phi) is 4.99. The molecule has 108 valence electrons. The summed E-state index contributed by atoms with van der Waals surface area (Å²) in [6, 6.07) is 1.38. The average molecular weight is 370 g/mol. The van der Waals surface area contributed by atoms with Crippen molar-refractivity contribution in [2.24, 2.45) is 0 Å². The van der Waals surface area contributed by atoms with Crippen LogP contribution in [0, 0.1) is 0 Å². The molecular weight excluding hydrogens is 354 g/mol. The molecule has 1 aliphatic heterocycles. The van der Waals surface area contributed by atoms with Gasteiger partial charge in [0.05, 0.1) is 0 Å². The lowest BCUT2D eigenvalue weighted by Crippen LogP contribution is -2.41. The van der Waals surface area contributed by atoms with Gasteiger partial charge in [-0.15, -0.1) is 0 Å². The van der Waals surface area contributed by atoms with Gasteiger partial charge in [-0.05, 0) is 22.4 Å². The third-order valence-corrected chi connectivity index (χ3v) is 7.13. The molecule has 1 aromatic rings. The van der Waals surface area contributed by atoms with E-state index in [1.807, 2.05) is 11.8 Å². The predicted molar refractivity (Wildman–Crippen MR) is 77.6 cm³/mol. The number of aliphatic hydroxyl groups excluding tert-OH is 1. The van der Waals surface area contributed by atoms with Crippen LogP contribution in [0.5, 0.6) is 0 Å². The summed E-state index contributed by atoms with van der Waals surface area (Å²) in [6.45, 7) is 2.78. The van der Waals surface area contributed by atoms with Gasteiger partial charge in [0.25, 0.3) is 0 Å². The zero-order chi connectivity index (χ0) is 14.0. The number of halogens is 1. The summed E-state index contributed by atoms with van der Waals surface area (Å²) >= 11 is 4.91. The van der Waals surface area contributed by atoms with Crippen molar-refractivity contribution < 1.29 is 17.9 Å². The van der Waals surface area contributed by atoms with Gasteiger partial charge in [0, 0.05) is 30.2 Å². The van der Waals surface area contributed by atoms with Crippen molar-refractivity contribution in [2.75, 3.05) is 18.8 Å². The molecule has 1 N–H and O–H groups in total. The van der Waals surface area contributed by atoms with Gasteiger partial charge in [-0.2, -0.15) is 16.1 Å². The second-order valence-corrected chi connectivity index (χ2v) is 8.31. The Morgan fingerprint density at radius 2 is 2.37 bits per heavy atom. The molecule has 2 rings (SSSR count). The highest BCUT2D eigenvalue weighted by Gasteiger charge is 2.33. The lowest BCUT2D eigenvalue weighted by Gasteiger charge is -2.30. The van der Waals surface area contributed by atoms with Crippen LogP contribution in [-0.4, -0.2) is 41.9 Å². The fraction of sp³-hybridized carbons (Fsp3) is 0.636. The van der Waals surface area contributed by atoms with Crippen LogP contribution in [0.25, 0.3) is 0 Å². The smallest absolute Gasteiger partial charge is 0.247 e. The molecule has 0 aromatic carbocycles. The van der Waals surface area contributed by atoms with Gasteiger partial charge >= 0.3 is 0 Å². The van der Waals surface area contributed by atoms with Crippen molar-refractivity contribution in [3.05, 3.63) is 16.5 Å². The number of nitrogens with zero attached hydrogens (tertiary/aromatic N) is 1. The van der Waals surface area contributed by atoms with E-state index in [-0.39, 0.29) is 21.9 Å². The number of thioether (sulfide) groups is 1. The fourth-order valence-electron chi connectivity index (χ4n) is 1.95. The molecule has 0 spiro atoms. The highest BCUT2D eigenvalue weighted by Crippen LogP contribution is 2.31. The zero-order valence-corrected chi connectivity index (χ0v) is 13.7. The molecule has 5 nitrogen and oxygen atoms in total. The van der Waals surface area contributed by atoms with Crippen molar-refractivity contribution in [1.29, 1.82) is 0 Å². The van der Waals surface area contributed by atoms with Crippen molar-refractivity contribution in [2.45, 2.75) is 30.1 Å². The molecule has 0 radical (unpaired) electrons. The molecule has 1 atom stereocenters. The summed E-state index contributed by atoms with van der Waals surface area (Å²) < 4.78 is 31.9. The van der Waals surface area contributed by atoms with E-state index in [4.69, 9.17) is 9.52 Å². The minimum atomic E-state index is -3.56. The summed E-state index contributed by atoms with van der Waals surface area (Å²) in [7, 11) is -3.56. The Morgan fingerprint density at radius 3 is 2.95 bits per heavy atom. The SMILES string of the molecule is CCC1CN(S(=O)(=O)c2cc(CO)oc2Br)CCS1. The highest BCUT2D eigenvalue weighted by atomic mass is 79.9. The van der Waals surface area contributed by atoms with E-state index in [1.54, 1.807) is 0 Å². The number of hydrogen-bond donors (Lipinski definition) is 1. The minimum absolute atomic E-state index is 0.0957. The number of hydrogen-bond acceptors (Lipinski definition) is 5. The van der Waals surface area contributed by atoms with Gasteiger partial charge < -0.3 is 9.52 Å². The second-order valence-electron chi connectivity index (χ2n) is 4.27. The second kappa shape index (κ2) is 6.17. The minimum Gasteiger partial charge on any atom is -0.450 e. The Labute approximate surface area is 125 Å². The Balaban J connectivity index is 2.28. The molecule has 1 fully saturated rings. The molecule has 0 amide bonds. The summed E-state index contributed by atoms with van der Waals surface area (Å²) in [4.78, 5) is 0.0957. The highest BCUT2D eigenvalue weighted by molar-refractivity contribution is 9.10. The Morgan fingerprint density at radius 1 is 1.63 bits per heavy atom. The molecule has 0 saturated carbocycles. The topological polar surface area (TPSA) is 70.8 Å². The van der Waals surface area contributed by atoms with Crippen molar-refractivity contribution >= 4 is 37.7 Å². The molecule has 19 heavy (non-hydrogen) atoms. The monoisotopic (exact) mass is 369 g/mol. The third-order valence-electron chi connectivity index (χ3n) is 3.04. The van der Waals surface area contributed by atoms with Gasteiger partial charge in [-0.1, -0.05) is 6.92 Å².